The highest BCUT2D eigenvalue weighted by atomic mass is 127. The van der Waals surface area contributed by atoms with Crippen molar-refractivity contribution in [1.29, 1.82) is 0 Å². The van der Waals surface area contributed by atoms with Crippen LogP contribution >= 0.6 is 24.0 Å². The van der Waals surface area contributed by atoms with Crippen molar-refractivity contribution in [3.05, 3.63) is 36.4 Å². The van der Waals surface area contributed by atoms with Gasteiger partial charge in [0.25, 0.3) is 5.91 Å². The maximum Gasteiger partial charge on any atom is 0.265 e. The predicted molar refractivity (Wildman–Crippen MR) is 138 cm³/mol. The largest absolute Gasteiger partial charge is 0.482 e. The Bertz CT molecular complexity index is 762. The number of carbonyl (C=O) groups excluding carboxylic acids is 1. The monoisotopic (exact) mass is 541 g/mol. The second-order valence-corrected chi connectivity index (χ2v) is 8.07. The molecule has 2 aliphatic rings. The Hall–Kier alpha value is -1.81. The molecule has 0 radical (unpaired) electrons. The predicted octanol–water partition coefficient (Wildman–Crippen LogP) is 3.02. The van der Waals surface area contributed by atoms with E-state index in [0.717, 1.165) is 62.8 Å². The molecule has 0 saturated carbocycles. The van der Waals surface area contributed by atoms with Gasteiger partial charge in [-0.3, -0.25) is 14.7 Å². The first-order valence-electron chi connectivity index (χ1n) is 11.0. The van der Waals surface area contributed by atoms with E-state index in [1.165, 1.54) is 5.57 Å². The minimum atomic E-state index is 0. The molecule has 1 aromatic rings. The summed E-state index contributed by atoms with van der Waals surface area (Å²) in [6.45, 7) is 13.6. The molecular formula is C23H36IN5O2. The van der Waals surface area contributed by atoms with Crippen LogP contribution in [0.25, 0.3) is 0 Å². The summed E-state index contributed by atoms with van der Waals surface area (Å²) in [5, 5.41) is 6.93. The molecule has 2 aliphatic heterocycles. The number of ether oxygens (including phenoxy) is 1. The quantitative estimate of drug-likeness (QED) is 0.174. The number of fused-ring (bicyclic) bond motifs is 1. The van der Waals surface area contributed by atoms with Crippen molar-refractivity contribution in [2.75, 3.05) is 50.8 Å². The van der Waals surface area contributed by atoms with Crippen LogP contribution in [0.5, 0.6) is 5.75 Å². The van der Waals surface area contributed by atoms with E-state index in [1.807, 2.05) is 29.2 Å². The van der Waals surface area contributed by atoms with Crippen LogP contribution in [0.15, 0.2) is 41.4 Å². The summed E-state index contributed by atoms with van der Waals surface area (Å²) in [6, 6.07) is 8.13. The molecule has 0 aromatic heterocycles. The molecule has 172 valence electrons. The lowest BCUT2D eigenvalue weighted by molar-refractivity contribution is -0.121. The SMILES string of the molecule is C=C(C)CN1CCC(NC(=NCCCN2C(=O)COc3ccccc32)NCC)CC1.I. The number of amides is 1. The number of hydrogen-bond acceptors (Lipinski definition) is 4. The van der Waals surface area contributed by atoms with Crippen LogP contribution in [0.4, 0.5) is 5.69 Å². The number of anilines is 1. The molecule has 0 spiro atoms. The van der Waals surface area contributed by atoms with Gasteiger partial charge in [-0.2, -0.15) is 0 Å². The minimum absolute atomic E-state index is 0. The zero-order valence-corrected chi connectivity index (χ0v) is 21.1. The van der Waals surface area contributed by atoms with Crippen molar-refractivity contribution >= 4 is 41.5 Å². The van der Waals surface area contributed by atoms with E-state index in [0.29, 0.717) is 19.1 Å². The highest BCUT2D eigenvalue weighted by Crippen LogP contribution is 2.31. The van der Waals surface area contributed by atoms with Crippen LogP contribution in [0, 0.1) is 0 Å². The van der Waals surface area contributed by atoms with Crippen LogP contribution in [0.1, 0.15) is 33.1 Å². The fraction of sp³-hybridized carbons (Fsp3) is 0.565. The van der Waals surface area contributed by atoms with Crippen LogP contribution in [-0.4, -0.2) is 68.7 Å². The topological polar surface area (TPSA) is 69.2 Å². The summed E-state index contributed by atoms with van der Waals surface area (Å²) in [5.74, 6) is 1.64. The van der Waals surface area contributed by atoms with E-state index < -0.39 is 0 Å². The summed E-state index contributed by atoms with van der Waals surface area (Å²) in [5.41, 5.74) is 2.07. The van der Waals surface area contributed by atoms with E-state index in [1.54, 1.807) is 0 Å². The molecule has 7 nitrogen and oxygen atoms in total. The average molecular weight is 541 g/mol. The Kier molecular flexibility index (Phi) is 10.6. The van der Waals surface area contributed by atoms with Gasteiger partial charge in [-0.15, -0.1) is 24.0 Å². The maximum absolute atomic E-state index is 12.3. The molecule has 2 N–H and O–H groups in total. The van der Waals surface area contributed by atoms with Gasteiger partial charge in [-0.05, 0) is 45.2 Å². The van der Waals surface area contributed by atoms with Crippen molar-refractivity contribution in [2.45, 2.75) is 39.2 Å². The van der Waals surface area contributed by atoms with E-state index in [4.69, 9.17) is 9.73 Å². The molecule has 1 saturated heterocycles. The second kappa shape index (κ2) is 12.9. The number of para-hydroxylation sites is 2. The zero-order valence-electron chi connectivity index (χ0n) is 18.7. The Labute approximate surface area is 203 Å². The fourth-order valence-corrected chi connectivity index (χ4v) is 3.95. The second-order valence-electron chi connectivity index (χ2n) is 8.07. The lowest BCUT2D eigenvalue weighted by atomic mass is 10.0. The number of aliphatic imine (C=N–C) groups is 1. The molecule has 0 aliphatic carbocycles. The Morgan fingerprint density at radius 3 is 2.74 bits per heavy atom. The van der Waals surface area contributed by atoms with Gasteiger partial charge < -0.3 is 20.3 Å². The number of piperidine rings is 1. The highest BCUT2D eigenvalue weighted by molar-refractivity contribution is 14.0. The van der Waals surface area contributed by atoms with E-state index in [-0.39, 0.29) is 36.5 Å². The van der Waals surface area contributed by atoms with Crippen molar-refractivity contribution < 1.29 is 9.53 Å². The zero-order chi connectivity index (χ0) is 21.3. The van der Waals surface area contributed by atoms with Gasteiger partial charge in [-0.25, -0.2) is 0 Å². The van der Waals surface area contributed by atoms with Gasteiger partial charge in [0.15, 0.2) is 12.6 Å². The summed E-state index contributed by atoms with van der Waals surface area (Å²) in [4.78, 5) is 21.3. The standard InChI is InChI=1S/C23H35N5O2.HI/c1-4-24-23(26-19-10-14-27(15-11-19)16-18(2)3)25-12-7-13-28-20-8-5-6-9-21(20)30-17-22(28)29;/h5-6,8-9,19H,2,4,7,10-17H2,1,3H3,(H2,24,25,26);1H. The number of rotatable bonds is 8. The number of likely N-dealkylation sites (tertiary alicyclic amines) is 1. The highest BCUT2D eigenvalue weighted by Gasteiger charge is 2.24. The molecule has 1 aromatic carbocycles. The summed E-state index contributed by atoms with van der Waals surface area (Å²) in [7, 11) is 0. The molecule has 2 heterocycles. The number of benzene rings is 1. The number of carbonyl (C=O) groups is 1. The summed E-state index contributed by atoms with van der Waals surface area (Å²) < 4.78 is 5.51. The molecule has 3 rings (SSSR count). The molecular weight excluding hydrogens is 505 g/mol. The molecule has 31 heavy (non-hydrogen) atoms. The number of nitrogens with one attached hydrogen (secondary N) is 2. The van der Waals surface area contributed by atoms with Crippen molar-refractivity contribution in [3.8, 4) is 5.75 Å². The van der Waals surface area contributed by atoms with Gasteiger partial charge in [-0.1, -0.05) is 24.3 Å². The van der Waals surface area contributed by atoms with Gasteiger partial charge >= 0.3 is 0 Å². The van der Waals surface area contributed by atoms with Gasteiger partial charge in [0.05, 0.1) is 5.69 Å². The third-order valence-corrected chi connectivity index (χ3v) is 5.38. The first-order chi connectivity index (χ1) is 14.6. The summed E-state index contributed by atoms with van der Waals surface area (Å²) >= 11 is 0. The lowest BCUT2D eigenvalue weighted by Gasteiger charge is -2.33. The summed E-state index contributed by atoms with van der Waals surface area (Å²) in [6.07, 6.45) is 3.02. The first-order valence-corrected chi connectivity index (χ1v) is 11.0. The minimum Gasteiger partial charge on any atom is -0.482 e. The number of hydrogen-bond donors (Lipinski definition) is 2. The van der Waals surface area contributed by atoms with Gasteiger partial charge in [0, 0.05) is 45.3 Å². The normalized spacial score (nSPS) is 17.4. The van der Waals surface area contributed by atoms with Gasteiger partial charge in [0.1, 0.15) is 5.75 Å². The Morgan fingerprint density at radius 2 is 2.03 bits per heavy atom. The third kappa shape index (κ3) is 7.68. The van der Waals surface area contributed by atoms with Crippen LogP contribution in [-0.2, 0) is 4.79 Å². The van der Waals surface area contributed by atoms with E-state index >= 15 is 0 Å². The maximum atomic E-state index is 12.3. The van der Waals surface area contributed by atoms with Crippen LogP contribution in [0.3, 0.4) is 0 Å². The molecule has 0 unspecified atom stereocenters. The van der Waals surface area contributed by atoms with Crippen LogP contribution in [0.2, 0.25) is 0 Å². The third-order valence-electron chi connectivity index (χ3n) is 5.38. The first kappa shape index (κ1) is 25.5. The number of nitrogens with zero attached hydrogens (tertiary/aromatic N) is 3. The Morgan fingerprint density at radius 1 is 1.29 bits per heavy atom. The number of guanidine groups is 1. The molecule has 0 atom stereocenters. The average Bonchev–Trinajstić information content (AvgIpc) is 2.73. The molecule has 1 fully saturated rings. The molecule has 1 amide bonds. The van der Waals surface area contributed by atoms with Crippen molar-refractivity contribution in [3.63, 3.8) is 0 Å². The Balaban J connectivity index is 0.00000341. The van der Waals surface area contributed by atoms with Crippen molar-refractivity contribution in [2.24, 2.45) is 4.99 Å². The number of halogens is 1. The van der Waals surface area contributed by atoms with Crippen molar-refractivity contribution in [1.82, 2.24) is 15.5 Å². The smallest absolute Gasteiger partial charge is 0.265 e. The van der Waals surface area contributed by atoms with E-state index in [9.17, 15) is 4.79 Å². The van der Waals surface area contributed by atoms with Gasteiger partial charge in [0.2, 0.25) is 0 Å². The van der Waals surface area contributed by atoms with Crippen LogP contribution < -0.4 is 20.3 Å². The van der Waals surface area contributed by atoms with E-state index in [2.05, 4.69) is 36.0 Å². The lowest BCUT2D eigenvalue weighted by Crippen LogP contribution is -2.49. The fourth-order valence-electron chi connectivity index (χ4n) is 3.95. The molecule has 8 heteroatoms. The molecule has 0 bridgehead atoms.